The van der Waals surface area contributed by atoms with Crippen LogP contribution in [0.25, 0.3) is 0 Å². The molecule has 0 amide bonds. The summed E-state index contributed by atoms with van der Waals surface area (Å²) in [6.45, 7) is 6.61. The Morgan fingerprint density at radius 1 is 0.738 bits per heavy atom. The monoisotopic (exact) mass is 925 g/mol. The summed E-state index contributed by atoms with van der Waals surface area (Å²) in [5.74, 6) is -1.92. The molecule has 2 aromatic carbocycles. The fourth-order valence-corrected chi connectivity index (χ4v) is 10.3. The van der Waals surface area contributed by atoms with E-state index in [9.17, 15) is 56.7 Å². The molecule has 0 fully saturated rings. The van der Waals surface area contributed by atoms with Crippen LogP contribution in [0.15, 0.2) is 94.4 Å². The Hall–Kier alpha value is -4.02. The lowest BCUT2D eigenvalue weighted by Gasteiger charge is -2.30. The predicted molar refractivity (Wildman–Crippen MR) is 228 cm³/mol. The molecule has 16 nitrogen and oxygen atoms in total. The van der Waals surface area contributed by atoms with Crippen molar-refractivity contribution in [1.29, 1.82) is 0 Å². The molecule has 336 valence electrons. The van der Waals surface area contributed by atoms with Crippen molar-refractivity contribution in [3.63, 3.8) is 0 Å². The molecule has 0 bridgehead atoms. The number of likely N-dealkylation sites (N-methyl/N-ethyl adjacent to an activating group) is 1. The summed E-state index contributed by atoms with van der Waals surface area (Å²) in [5, 5.41) is 9.10. The highest BCUT2D eigenvalue weighted by Crippen LogP contribution is 2.51. The third-order valence-electron chi connectivity index (χ3n) is 11.2. The van der Waals surface area contributed by atoms with E-state index < -0.39 is 73.7 Å². The summed E-state index contributed by atoms with van der Waals surface area (Å²) < 4.78 is 138. The van der Waals surface area contributed by atoms with E-state index in [1.54, 1.807) is 42.5 Å². The second-order valence-electron chi connectivity index (χ2n) is 15.6. The van der Waals surface area contributed by atoms with Crippen molar-refractivity contribution in [1.82, 2.24) is 0 Å². The van der Waals surface area contributed by atoms with Gasteiger partial charge in [-0.25, -0.2) is 16.8 Å². The van der Waals surface area contributed by atoms with Crippen molar-refractivity contribution in [2.45, 2.75) is 106 Å². The SMILES string of the molecule is CCN1/C(=C/C=C/C=C/C=C/C2=[N+](CCCCCC(=O)O)c3ccc(S(=O)(=O)[O-])cc3C2(C)CCCCS(=O)(=O)[O-])C(C)(CCCCS(=O)(=O)O)c2cc(S(=O)(=O)O)ccc21. The molecule has 0 saturated carbocycles. The second-order valence-corrected chi connectivity index (χ2v) is 21.5. The summed E-state index contributed by atoms with van der Waals surface area (Å²) in [7, 11) is -18.0. The van der Waals surface area contributed by atoms with Crippen LogP contribution in [-0.4, -0.2) is 97.8 Å². The van der Waals surface area contributed by atoms with Crippen LogP contribution >= 0.6 is 0 Å². The summed E-state index contributed by atoms with van der Waals surface area (Å²) in [5.41, 5.74) is 2.33. The van der Waals surface area contributed by atoms with Gasteiger partial charge < -0.3 is 19.1 Å². The van der Waals surface area contributed by atoms with Crippen LogP contribution in [-0.2, 0) is 56.1 Å². The average molecular weight is 926 g/mol. The Kier molecular flexibility index (Phi) is 16.3. The molecular weight excluding hydrogens is 873 g/mol. The van der Waals surface area contributed by atoms with Crippen LogP contribution < -0.4 is 4.90 Å². The largest absolute Gasteiger partial charge is 0.748 e. The minimum atomic E-state index is -4.83. The van der Waals surface area contributed by atoms with Crippen LogP contribution in [0.2, 0.25) is 0 Å². The maximum absolute atomic E-state index is 12.1. The molecule has 4 rings (SSSR count). The molecule has 0 saturated heterocycles. The van der Waals surface area contributed by atoms with Crippen molar-refractivity contribution < 1.29 is 66.4 Å². The fourth-order valence-electron chi connectivity index (χ4n) is 8.22. The first kappa shape index (κ1) is 49.6. The molecule has 2 aromatic rings. The van der Waals surface area contributed by atoms with E-state index in [4.69, 9.17) is 5.11 Å². The molecule has 2 aliphatic rings. The lowest BCUT2D eigenvalue weighted by atomic mass is 9.75. The van der Waals surface area contributed by atoms with Gasteiger partial charge in [0, 0.05) is 59.6 Å². The standard InChI is InChI=1S/C41H54N2O14S4/c1-4-42-35-22-20-31(60(52,53)54)29-33(35)40(2,24-12-15-27-58(46,47)48)37(42)17-9-6-5-7-10-18-38-41(3,25-13-16-28-59(49,50)51)34-30-32(61(55,56)57)21-23-36(34)43(38)26-14-8-11-19-39(44)45/h5-7,9-10,17-18,20-23,29-30H,4,8,11-16,19,24-28H2,1-3H3,(H4-,44,45,46,47,48,49,50,51,52,53,54,55,56,57)/p-1. The van der Waals surface area contributed by atoms with Crippen LogP contribution in [0.5, 0.6) is 0 Å². The van der Waals surface area contributed by atoms with Gasteiger partial charge in [0.15, 0.2) is 5.71 Å². The normalized spacial score (nSPS) is 20.5. The summed E-state index contributed by atoms with van der Waals surface area (Å²) in [4.78, 5) is 12.4. The molecule has 3 N–H and O–H groups in total. The third-order valence-corrected chi connectivity index (χ3v) is 14.5. The van der Waals surface area contributed by atoms with Gasteiger partial charge >= 0.3 is 5.97 Å². The highest BCUT2D eigenvalue weighted by atomic mass is 32.2. The zero-order valence-corrected chi connectivity index (χ0v) is 37.5. The van der Waals surface area contributed by atoms with Gasteiger partial charge in [0.2, 0.25) is 5.69 Å². The first-order valence-electron chi connectivity index (χ1n) is 19.8. The number of allylic oxidation sites excluding steroid dienone is 8. The summed E-state index contributed by atoms with van der Waals surface area (Å²) in [6.07, 6.45) is 15.7. The highest BCUT2D eigenvalue weighted by Gasteiger charge is 2.47. The zero-order valence-electron chi connectivity index (χ0n) is 34.3. The Labute approximate surface area is 359 Å². The smallest absolute Gasteiger partial charge is 0.303 e. The fraction of sp³-hybridized carbons (Fsp3) is 0.463. The molecule has 61 heavy (non-hydrogen) atoms. The van der Waals surface area contributed by atoms with E-state index in [1.807, 2.05) is 42.4 Å². The molecule has 0 radical (unpaired) electrons. The van der Waals surface area contributed by atoms with Gasteiger partial charge in [-0.05, 0) is 101 Å². The van der Waals surface area contributed by atoms with Crippen molar-refractivity contribution >= 4 is 63.5 Å². The van der Waals surface area contributed by atoms with Crippen molar-refractivity contribution in [3.8, 4) is 0 Å². The molecule has 0 aliphatic carbocycles. The minimum absolute atomic E-state index is 0.00177. The summed E-state index contributed by atoms with van der Waals surface area (Å²) >= 11 is 0. The van der Waals surface area contributed by atoms with E-state index in [0.29, 0.717) is 68.4 Å². The predicted octanol–water partition coefficient (Wildman–Crippen LogP) is 5.96. The highest BCUT2D eigenvalue weighted by molar-refractivity contribution is 7.86. The van der Waals surface area contributed by atoms with Gasteiger partial charge in [0.25, 0.3) is 20.2 Å². The van der Waals surface area contributed by atoms with Gasteiger partial charge in [-0.3, -0.25) is 13.9 Å². The first-order chi connectivity index (χ1) is 28.3. The number of carbonyl (C=O) groups is 1. The Bertz CT molecular complexity index is 2580. The number of aliphatic carboxylic acids is 1. The number of nitrogens with zero attached hydrogens (tertiary/aromatic N) is 2. The number of carboxylic acids is 1. The molecule has 20 heteroatoms. The molecule has 2 atom stereocenters. The molecule has 0 spiro atoms. The number of unbranched alkanes of at least 4 members (excludes halogenated alkanes) is 4. The van der Waals surface area contributed by atoms with E-state index in [-0.39, 0.29) is 30.6 Å². The molecule has 2 heterocycles. The maximum atomic E-state index is 12.1. The van der Waals surface area contributed by atoms with Gasteiger partial charge in [0.1, 0.15) is 16.7 Å². The topological polar surface area (TPSA) is 267 Å². The van der Waals surface area contributed by atoms with E-state index >= 15 is 0 Å². The molecule has 0 aromatic heterocycles. The second kappa shape index (κ2) is 20.0. The zero-order chi connectivity index (χ0) is 45.4. The van der Waals surface area contributed by atoms with Crippen molar-refractivity contribution in [2.75, 3.05) is 29.5 Å². The van der Waals surface area contributed by atoms with Gasteiger partial charge in [-0.2, -0.15) is 21.4 Å². The Balaban J connectivity index is 1.69. The number of hydrogen-bond acceptors (Lipinski definition) is 12. The third kappa shape index (κ3) is 13.0. The van der Waals surface area contributed by atoms with Crippen LogP contribution in [0.4, 0.5) is 11.4 Å². The number of anilines is 1. The van der Waals surface area contributed by atoms with Crippen molar-refractivity contribution in [3.05, 3.63) is 95.8 Å². The molecular formula is C41H53N2O14S4-. The minimum Gasteiger partial charge on any atom is -0.748 e. The first-order valence-corrected chi connectivity index (χ1v) is 25.8. The van der Waals surface area contributed by atoms with Gasteiger partial charge in [-0.1, -0.05) is 43.2 Å². The van der Waals surface area contributed by atoms with E-state index in [2.05, 4.69) is 0 Å². The maximum Gasteiger partial charge on any atom is 0.303 e. The van der Waals surface area contributed by atoms with Crippen LogP contribution in [0.3, 0.4) is 0 Å². The quantitative estimate of drug-likeness (QED) is 0.0502. The van der Waals surface area contributed by atoms with Crippen LogP contribution in [0.1, 0.15) is 96.1 Å². The number of hydrogen-bond donors (Lipinski definition) is 3. The van der Waals surface area contributed by atoms with Gasteiger partial charge in [-0.15, -0.1) is 0 Å². The Morgan fingerprint density at radius 2 is 1.34 bits per heavy atom. The Morgan fingerprint density at radius 3 is 1.95 bits per heavy atom. The number of benzene rings is 2. The number of carboxylic acid groups (broad SMARTS) is 1. The average Bonchev–Trinajstić information content (AvgIpc) is 3.52. The van der Waals surface area contributed by atoms with Crippen LogP contribution in [0, 0.1) is 0 Å². The number of fused-ring (bicyclic) bond motifs is 2. The van der Waals surface area contributed by atoms with E-state index in [0.717, 1.165) is 17.1 Å². The van der Waals surface area contributed by atoms with Gasteiger partial charge in [0.05, 0.1) is 31.1 Å². The number of rotatable bonds is 23. The van der Waals surface area contributed by atoms with E-state index in [1.165, 1.54) is 24.3 Å². The molecule has 2 aliphatic heterocycles. The van der Waals surface area contributed by atoms with Crippen molar-refractivity contribution in [2.24, 2.45) is 0 Å². The summed E-state index contributed by atoms with van der Waals surface area (Å²) in [6, 6.07) is 8.47. The molecule has 2 unspecified atom stereocenters. The lowest BCUT2D eigenvalue weighted by Crippen LogP contribution is -2.31. The lowest BCUT2D eigenvalue weighted by molar-refractivity contribution is -0.438.